The number of fused-ring (bicyclic) bond motifs is 5. The van der Waals surface area contributed by atoms with Crippen LogP contribution in [0.3, 0.4) is 0 Å². The van der Waals surface area contributed by atoms with E-state index >= 15 is 0 Å². The molecule has 0 spiro atoms. The summed E-state index contributed by atoms with van der Waals surface area (Å²) in [6.07, 6.45) is 5.59. The molecule has 0 fully saturated rings. The largest absolute Gasteiger partial charge is 0.430 e. The van der Waals surface area contributed by atoms with Gasteiger partial charge in [-0.1, -0.05) is 30.3 Å². The number of nitrogens with two attached hydrogens (primary N) is 1. The van der Waals surface area contributed by atoms with Gasteiger partial charge in [0.1, 0.15) is 5.52 Å². The average molecular weight is 388 g/mol. The fraction of sp³-hybridized carbons (Fsp3) is 0.273. The zero-order chi connectivity index (χ0) is 20.0. The molecule has 3 aromatic heterocycles. The summed E-state index contributed by atoms with van der Waals surface area (Å²) >= 11 is 0. The molecule has 1 amide bonds. The molecule has 1 aromatic carbocycles. The van der Waals surface area contributed by atoms with E-state index in [9.17, 15) is 9.59 Å². The molecule has 7 heteroatoms. The monoisotopic (exact) mass is 388 g/mol. The van der Waals surface area contributed by atoms with Crippen LogP contribution >= 0.6 is 0 Å². The Morgan fingerprint density at radius 3 is 2.66 bits per heavy atom. The van der Waals surface area contributed by atoms with Crippen molar-refractivity contribution in [2.45, 2.75) is 38.6 Å². The second-order valence-electron chi connectivity index (χ2n) is 7.41. The summed E-state index contributed by atoms with van der Waals surface area (Å²) in [7, 11) is 0. The highest BCUT2D eigenvalue weighted by Crippen LogP contribution is 2.38. The van der Waals surface area contributed by atoms with E-state index in [4.69, 9.17) is 15.1 Å². The molecule has 7 nitrogen and oxygen atoms in total. The number of aryl methyl sites for hydroxylation is 2. The molecule has 0 unspecified atom stereocenters. The zero-order valence-electron chi connectivity index (χ0n) is 15.9. The Morgan fingerprint density at radius 1 is 1.14 bits per heavy atom. The molecule has 3 heterocycles. The van der Waals surface area contributed by atoms with Crippen LogP contribution in [0.15, 0.2) is 45.9 Å². The SMILES string of the molecule is NC(=O)CCn1cnc2c(oc3nc(-c4ccccc4)c4c(c32)CCCC4)c1=O. The van der Waals surface area contributed by atoms with E-state index < -0.39 is 5.91 Å². The Kier molecular flexibility index (Phi) is 4.16. The molecular weight excluding hydrogens is 368 g/mol. The third kappa shape index (κ3) is 2.90. The van der Waals surface area contributed by atoms with Crippen molar-refractivity contribution in [3.05, 3.63) is 58.1 Å². The van der Waals surface area contributed by atoms with Crippen molar-refractivity contribution in [1.82, 2.24) is 14.5 Å². The summed E-state index contributed by atoms with van der Waals surface area (Å²) in [5.74, 6) is -0.468. The van der Waals surface area contributed by atoms with E-state index in [2.05, 4.69) is 4.98 Å². The molecular formula is C22H20N4O3. The molecule has 4 aromatic rings. The van der Waals surface area contributed by atoms with Crippen LogP contribution in [0, 0.1) is 0 Å². The van der Waals surface area contributed by atoms with E-state index in [0.29, 0.717) is 11.2 Å². The second-order valence-corrected chi connectivity index (χ2v) is 7.41. The van der Waals surface area contributed by atoms with Gasteiger partial charge in [-0.25, -0.2) is 9.97 Å². The maximum Gasteiger partial charge on any atom is 0.297 e. The first-order chi connectivity index (χ1) is 14.1. The number of furan rings is 1. The van der Waals surface area contributed by atoms with Crippen molar-refractivity contribution >= 4 is 28.1 Å². The Balaban J connectivity index is 1.77. The molecule has 146 valence electrons. The number of pyridine rings is 1. The first kappa shape index (κ1) is 17.6. The third-order valence-corrected chi connectivity index (χ3v) is 5.56. The number of aromatic nitrogens is 3. The van der Waals surface area contributed by atoms with Gasteiger partial charge in [0.2, 0.25) is 17.2 Å². The molecule has 0 atom stereocenters. The highest BCUT2D eigenvalue weighted by atomic mass is 16.3. The number of benzene rings is 1. The summed E-state index contributed by atoms with van der Waals surface area (Å²) in [6.45, 7) is 0.176. The van der Waals surface area contributed by atoms with Crippen molar-refractivity contribution < 1.29 is 9.21 Å². The molecule has 0 saturated carbocycles. The lowest BCUT2D eigenvalue weighted by atomic mass is 9.87. The fourth-order valence-electron chi connectivity index (χ4n) is 4.18. The first-order valence-electron chi connectivity index (χ1n) is 9.80. The number of rotatable bonds is 4. The second kappa shape index (κ2) is 6.84. The normalized spacial score (nSPS) is 13.7. The molecule has 0 radical (unpaired) electrons. The Bertz CT molecular complexity index is 1300. The number of amides is 1. The Morgan fingerprint density at radius 2 is 1.90 bits per heavy atom. The van der Waals surface area contributed by atoms with Crippen molar-refractivity contribution in [3.8, 4) is 11.3 Å². The first-order valence-corrected chi connectivity index (χ1v) is 9.80. The van der Waals surface area contributed by atoms with E-state index in [1.165, 1.54) is 22.0 Å². The molecule has 2 N–H and O–H groups in total. The van der Waals surface area contributed by atoms with Crippen molar-refractivity contribution in [2.75, 3.05) is 0 Å². The molecule has 1 aliphatic carbocycles. The Labute approximate surface area is 166 Å². The van der Waals surface area contributed by atoms with E-state index in [0.717, 1.165) is 42.3 Å². The molecule has 0 bridgehead atoms. The van der Waals surface area contributed by atoms with Gasteiger partial charge >= 0.3 is 0 Å². The highest BCUT2D eigenvalue weighted by molar-refractivity contribution is 6.04. The molecule has 0 saturated heterocycles. The number of hydrogen-bond acceptors (Lipinski definition) is 5. The summed E-state index contributed by atoms with van der Waals surface area (Å²) in [5, 5.41) is 0.841. The van der Waals surface area contributed by atoms with Crippen LogP contribution in [0.1, 0.15) is 30.4 Å². The van der Waals surface area contributed by atoms with Crippen LogP contribution in [0.25, 0.3) is 33.5 Å². The molecule has 0 aliphatic heterocycles. The minimum atomic E-state index is -0.468. The maximum atomic E-state index is 12.9. The highest BCUT2D eigenvalue weighted by Gasteiger charge is 2.25. The number of primary amides is 1. The standard InChI is InChI=1S/C22H20N4O3/c23-16(27)10-11-26-12-24-19-17-14-8-4-5-9-15(14)18(13-6-2-1-3-7-13)25-21(17)29-20(19)22(26)28/h1-3,6-7,12H,4-5,8-11H2,(H2,23,27). The minimum Gasteiger partial charge on any atom is -0.430 e. The van der Waals surface area contributed by atoms with Gasteiger partial charge in [0.25, 0.3) is 5.56 Å². The van der Waals surface area contributed by atoms with Gasteiger partial charge in [-0.3, -0.25) is 14.2 Å². The van der Waals surface area contributed by atoms with Crippen molar-refractivity contribution in [1.29, 1.82) is 0 Å². The lowest BCUT2D eigenvalue weighted by molar-refractivity contribution is -0.118. The summed E-state index contributed by atoms with van der Waals surface area (Å²) in [5.41, 5.74) is 10.4. The summed E-state index contributed by atoms with van der Waals surface area (Å²) in [4.78, 5) is 33.3. The predicted octanol–water partition coefficient (Wildman–Crippen LogP) is 2.96. The number of nitrogens with zero attached hydrogens (tertiary/aromatic N) is 3. The zero-order valence-corrected chi connectivity index (χ0v) is 15.9. The summed E-state index contributed by atoms with van der Waals surface area (Å²) < 4.78 is 7.30. The van der Waals surface area contributed by atoms with Crippen LogP contribution in [0.4, 0.5) is 0 Å². The van der Waals surface area contributed by atoms with E-state index in [1.807, 2.05) is 30.3 Å². The molecule has 1 aliphatic rings. The van der Waals surface area contributed by atoms with Gasteiger partial charge in [0.15, 0.2) is 0 Å². The topological polar surface area (TPSA) is 104 Å². The smallest absolute Gasteiger partial charge is 0.297 e. The van der Waals surface area contributed by atoms with Gasteiger partial charge in [-0.15, -0.1) is 0 Å². The summed E-state index contributed by atoms with van der Waals surface area (Å²) in [6, 6.07) is 10.1. The van der Waals surface area contributed by atoms with Gasteiger partial charge in [0.05, 0.1) is 17.4 Å². The Hall–Kier alpha value is -3.48. The fourth-order valence-corrected chi connectivity index (χ4v) is 4.18. The average Bonchev–Trinajstić information content (AvgIpc) is 3.13. The van der Waals surface area contributed by atoms with Crippen LogP contribution < -0.4 is 11.3 Å². The van der Waals surface area contributed by atoms with Crippen LogP contribution in [-0.2, 0) is 24.2 Å². The third-order valence-electron chi connectivity index (χ3n) is 5.56. The van der Waals surface area contributed by atoms with Crippen molar-refractivity contribution in [3.63, 3.8) is 0 Å². The molecule has 5 rings (SSSR count). The predicted molar refractivity (Wildman–Crippen MR) is 109 cm³/mol. The van der Waals surface area contributed by atoms with Crippen LogP contribution in [0.5, 0.6) is 0 Å². The maximum absolute atomic E-state index is 12.9. The van der Waals surface area contributed by atoms with Crippen LogP contribution in [0.2, 0.25) is 0 Å². The number of carbonyl (C=O) groups excluding carboxylic acids is 1. The van der Waals surface area contributed by atoms with Crippen LogP contribution in [-0.4, -0.2) is 20.4 Å². The molecule has 29 heavy (non-hydrogen) atoms. The number of carbonyl (C=O) groups is 1. The lowest BCUT2D eigenvalue weighted by Gasteiger charge is -2.19. The quantitative estimate of drug-likeness (QED) is 0.579. The van der Waals surface area contributed by atoms with E-state index in [-0.39, 0.29) is 24.1 Å². The van der Waals surface area contributed by atoms with Gasteiger partial charge in [-0.05, 0) is 36.8 Å². The van der Waals surface area contributed by atoms with Gasteiger partial charge in [0, 0.05) is 18.5 Å². The lowest BCUT2D eigenvalue weighted by Crippen LogP contribution is -2.23. The van der Waals surface area contributed by atoms with Crippen molar-refractivity contribution in [2.24, 2.45) is 5.73 Å². The van der Waals surface area contributed by atoms with Gasteiger partial charge in [-0.2, -0.15) is 0 Å². The minimum absolute atomic E-state index is 0.0686. The van der Waals surface area contributed by atoms with E-state index in [1.54, 1.807) is 0 Å². The van der Waals surface area contributed by atoms with Gasteiger partial charge < -0.3 is 10.2 Å². The number of hydrogen-bond donors (Lipinski definition) is 1.